The molecule has 106 valence electrons. The molecular weight excluding hydrogens is 280 g/mol. The summed E-state index contributed by atoms with van der Waals surface area (Å²) in [6.45, 7) is 8.14. The van der Waals surface area contributed by atoms with Gasteiger partial charge in [-0.1, -0.05) is 25.4 Å². The first-order chi connectivity index (χ1) is 8.90. The van der Waals surface area contributed by atoms with E-state index < -0.39 is 0 Å². The Labute approximate surface area is 124 Å². The van der Waals surface area contributed by atoms with E-state index in [1.807, 2.05) is 13.8 Å². The minimum atomic E-state index is 0.0708. The van der Waals surface area contributed by atoms with Gasteiger partial charge in [0.2, 0.25) is 0 Å². The van der Waals surface area contributed by atoms with Gasteiger partial charge in [0, 0.05) is 17.7 Å². The van der Waals surface area contributed by atoms with Crippen molar-refractivity contribution in [1.29, 1.82) is 0 Å². The van der Waals surface area contributed by atoms with Crippen molar-refractivity contribution < 1.29 is 9.53 Å². The van der Waals surface area contributed by atoms with Crippen molar-refractivity contribution in [2.24, 2.45) is 0 Å². The molecule has 0 aliphatic carbocycles. The van der Waals surface area contributed by atoms with E-state index in [-0.39, 0.29) is 11.9 Å². The molecule has 0 bridgehead atoms. The summed E-state index contributed by atoms with van der Waals surface area (Å²) in [5.41, 5.74) is 0.658. The number of Topliss-reactive ketones (excluding diaryl/α,β-unsaturated/α-hetero) is 1. The smallest absolute Gasteiger partial charge is 0.163 e. The largest absolute Gasteiger partial charge is 0.489 e. The molecule has 1 aromatic carbocycles. The van der Waals surface area contributed by atoms with Gasteiger partial charge in [-0.3, -0.25) is 4.79 Å². The van der Waals surface area contributed by atoms with Crippen LogP contribution in [0.5, 0.6) is 5.75 Å². The average molecular weight is 301 g/mol. The number of ketones is 1. The van der Waals surface area contributed by atoms with Crippen molar-refractivity contribution >= 4 is 29.1 Å². The van der Waals surface area contributed by atoms with E-state index in [0.29, 0.717) is 28.0 Å². The number of benzene rings is 1. The third-order valence-electron chi connectivity index (χ3n) is 2.40. The molecule has 0 saturated heterocycles. The second-order valence-electron chi connectivity index (χ2n) is 4.90. The molecule has 0 radical (unpaired) electrons. The van der Waals surface area contributed by atoms with Crippen LogP contribution in [-0.2, 0) is 0 Å². The van der Waals surface area contributed by atoms with Crippen LogP contribution in [0.25, 0.3) is 0 Å². The van der Waals surface area contributed by atoms with Gasteiger partial charge in [-0.2, -0.15) is 11.8 Å². The highest BCUT2D eigenvalue weighted by molar-refractivity contribution is 7.99. The van der Waals surface area contributed by atoms with Gasteiger partial charge in [0.05, 0.1) is 11.1 Å². The van der Waals surface area contributed by atoms with Crippen LogP contribution in [0.2, 0.25) is 5.02 Å². The minimum Gasteiger partial charge on any atom is -0.489 e. The molecule has 0 atom stereocenters. The molecule has 0 heterocycles. The van der Waals surface area contributed by atoms with Crippen molar-refractivity contribution in [3.63, 3.8) is 0 Å². The molecule has 1 rings (SSSR count). The Balaban J connectivity index is 2.64. The summed E-state index contributed by atoms with van der Waals surface area (Å²) in [6, 6.07) is 5.25. The van der Waals surface area contributed by atoms with Crippen LogP contribution in [0.1, 0.15) is 44.5 Å². The molecule has 1 aromatic rings. The highest BCUT2D eigenvalue weighted by atomic mass is 35.5. The SMILES string of the molecule is CC(C)Oc1ccc(C(=O)CCSC(C)C)cc1Cl. The summed E-state index contributed by atoms with van der Waals surface area (Å²) in [4.78, 5) is 12.0. The lowest BCUT2D eigenvalue weighted by atomic mass is 10.1. The Morgan fingerprint density at radius 1 is 1.32 bits per heavy atom. The van der Waals surface area contributed by atoms with E-state index in [2.05, 4.69) is 13.8 Å². The van der Waals surface area contributed by atoms with Gasteiger partial charge >= 0.3 is 0 Å². The Hall–Kier alpha value is -0.670. The van der Waals surface area contributed by atoms with E-state index in [1.54, 1.807) is 30.0 Å². The maximum atomic E-state index is 12.0. The lowest BCUT2D eigenvalue weighted by molar-refractivity contribution is 0.0989. The van der Waals surface area contributed by atoms with Crippen LogP contribution in [0.15, 0.2) is 18.2 Å². The van der Waals surface area contributed by atoms with Gasteiger partial charge in [0.15, 0.2) is 5.78 Å². The van der Waals surface area contributed by atoms with E-state index in [9.17, 15) is 4.79 Å². The highest BCUT2D eigenvalue weighted by Crippen LogP contribution is 2.27. The van der Waals surface area contributed by atoms with Crippen molar-refractivity contribution in [3.8, 4) is 5.75 Å². The Morgan fingerprint density at radius 3 is 2.53 bits per heavy atom. The molecule has 0 aliphatic heterocycles. The molecule has 0 fully saturated rings. The predicted octanol–water partition coefficient (Wildman–Crippen LogP) is 4.84. The fourth-order valence-corrected chi connectivity index (χ4v) is 2.56. The molecule has 0 aliphatic rings. The van der Waals surface area contributed by atoms with Crippen LogP contribution in [0.3, 0.4) is 0 Å². The van der Waals surface area contributed by atoms with E-state index in [4.69, 9.17) is 16.3 Å². The van der Waals surface area contributed by atoms with Crippen molar-refractivity contribution in [1.82, 2.24) is 0 Å². The molecule has 0 spiro atoms. The van der Waals surface area contributed by atoms with Crippen molar-refractivity contribution in [2.45, 2.75) is 45.5 Å². The molecule has 2 nitrogen and oxygen atoms in total. The summed E-state index contributed by atoms with van der Waals surface area (Å²) < 4.78 is 5.54. The standard InChI is InChI=1S/C15H21ClO2S/c1-10(2)18-15-6-5-12(9-13(15)16)14(17)7-8-19-11(3)4/h5-6,9-11H,7-8H2,1-4H3. The normalized spacial score (nSPS) is 11.1. The Kier molecular flexibility index (Phi) is 6.73. The fraction of sp³-hybridized carbons (Fsp3) is 0.533. The van der Waals surface area contributed by atoms with Gasteiger partial charge < -0.3 is 4.74 Å². The van der Waals surface area contributed by atoms with Gasteiger partial charge in [-0.05, 0) is 37.3 Å². The molecule has 0 N–H and O–H groups in total. The number of ether oxygens (including phenoxy) is 1. The van der Waals surface area contributed by atoms with Crippen molar-refractivity contribution in [3.05, 3.63) is 28.8 Å². The first-order valence-corrected chi connectivity index (χ1v) is 7.94. The van der Waals surface area contributed by atoms with E-state index in [1.165, 1.54) is 0 Å². The summed E-state index contributed by atoms with van der Waals surface area (Å²) in [5.74, 6) is 1.61. The third kappa shape index (κ3) is 5.87. The van der Waals surface area contributed by atoms with Gasteiger partial charge in [0.1, 0.15) is 5.75 Å². The second-order valence-corrected chi connectivity index (χ2v) is 7.00. The first kappa shape index (κ1) is 16.4. The van der Waals surface area contributed by atoms with Crippen LogP contribution < -0.4 is 4.74 Å². The lowest BCUT2D eigenvalue weighted by Gasteiger charge is -2.12. The molecule has 19 heavy (non-hydrogen) atoms. The number of halogens is 1. The number of carbonyl (C=O) groups excluding carboxylic acids is 1. The van der Waals surface area contributed by atoms with Crippen LogP contribution in [0, 0.1) is 0 Å². The first-order valence-electron chi connectivity index (χ1n) is 6.51. The van der Waals surface area contributed by atoms with Gasteiger partial charge in [0.25, 0.3) is 0 Å². The van der Waals surface area contributed by atoms with Crippen LogP contribution >= 0.6 is 23.4 Å². The summed E-state index contributed by atoms with van der Waals surface area (Å²) in [7, 11) is 0. The van der Waals surface area contributed by atoms with E-state index in [0.717, 1.165) is 5.75 Å². The topological polar surface area (TPSA) is 26.3 Å². The number of hydrogen-bond donors (Lipinski definition) is 0. The molecule has 0 saturated carbocycles. The molecule has 0 aromatic heterocycles. The van der Waals surface area contributed by atoms with E-state index >= 15 is 0 Å². The molecular formula is C15H21ClO2S. The maximum Gasteiger partial charge on any atom is 0.163 e. The Morgan fingerprint density at radius 2 is 2.00 bits per heavy atom. The number of carbonyl (C=O) groups is 1. The minimum absolute atomic E-state index is 0.0708. The Bertz CT molecular complexity index is 430. The van der Waals surface area contributed by atoms with Gasteiger partial charge in [-0.15, -0.1) is 0 Å². The zero-order chi connectivity index (χ0) is 14.4. The predicted molar refractivity (Wildman–Crippen MR) is 83.8 cm³/mol. The zero-order valence-corrected chi connectivity index (χ0v) is 13.5. The molecule has 0 amide bonds. The second kappa shape index (κ2) is 7.81. The number of hydrogen-bond acceptors (Lipinski definition) is 3. The quantitative estimate of drug-likeness (QED) is 0.674. The highest BCUT2D eigenvalue weighted by Gasteiger charge is 2.10. The summed E-state index contributed by atoms with van der Waals surface area (Å²) in [6.07, 6.45) is 0.616. The number of thioether (sulfide) groups is 1. The zero-order valence-electron chi connectivity index (χ0n) is 11.9. The monoisotopic (exact) mass is 300 g/mol. The third-order valence-corrected chi connectivity index (χ3v) is 3.80. The molecule has 0 unspecified atom stereocenters. The average Bonchev–Trinajstić information content (AvgIpc) is 2.30. The summed E-state index contributed by atoms with van der Waals surface area (Å²) in [5, 5.41) is 1.05. The maximum absolute atomic E-state index is 12.0. The molecule has 4 heteroatoms. The van der Waals surface area contributed by atoms with Crippen LogP contribution in [0.4, 0.5) is 0 Å². The summed E-state index contributed by atoms with van der Waals surface area (Å²) >= 11 is 7.91. The lowest BCUT2D eigenvalue weighted by Crippen LogP contribution is -2.07. The van der Waals surface area contributed by atoms with Crippen molar-refractivity contribution in [2.75, 3.05) is 5.75 Å². The van der Waals surface area contributed by atoms with Crippen LogP contribution in [-0.4, -0.2) is 22.9 Å². The number of rotatable bonds is 7. The van der Waals surface area contributed by atoms with Gasteiger partial charge in [-0.25, -0.2) is 0 Å². The fourth-order valence-electron chi connectivity index (χ4n) is 1.56.